The third kappa shape index (κ3) is 7.45. The van der Waals surface area contributed by atoms with Gasteiger partial charge in [-0.15, -0.1) is 0 Å². The van der Waals surface area contributed by atoms with Gasteiger partial charge in [-0.2, -0.15) is 13.2 Å². The third-order valence-corrected chi connectivity index (χ3v) is 4.73. The van der Waals surface area contributed by atoms with Crippen LogP contribution in [0.1, 0.15) is 52.9 Å². The monoisotopic (exact) mass is 297 g/mol. The molecular weight excluding hydrogens is 271 g/mol. The van der Waals surface area contributed by atoms with Gasteiger partial charge < -0.3 is 5.32 Å². The van der Waals surface area contributed by atoms with Crippen LogP contribution < -0.4 is 5.32 Å². The van der Waals surface area contributed by atoms with Gasteiger partial charge >= 0.3 is 5.51 Å². The van der Waals surface area contributed by atoms with E-state index in [0.29, 0.717) is 18.0 Å². The first-order chi connectivity index (χ1) is 8.68. The van der Waals surface area contributed by atoms with E-state index in [2.05, 4.69) is 26.1 Å². The molecule has 0 aromatic carbocycles. The van der Waals surface area contributed by atoms with E-state index in [1.807, 2.05) is 0 Å². The number of alkyl halides is 3. The molecule has 1 nitrogen and oxygen atoms in total. The Hall–Kier alpha value is 0.100. The highest BCUT2D eigenvalue weighted by Gasteiger charge is 2.29. The number of nitrogens with one attached hydrogen (secondary N) is 1. The summed E-state index contributed by atoms with van der Waals surface area (Å²) in [6.45, 7) is 7.30. The number of thioether (sulfide) groups is 1. The summed E-state index contributed by atoms with van der Waals surface area (Å²) in [7, 11) is 0. The first kappa shape index (κ1) is 17.2. The normalized spacial score (nSPS) is 26.2. The molecule has 5 heteroatoms. The smallest absolute Gasteiger partial charge is 0.313 e. The molecule has 114 valence electrons. The van der Waals surface area contributed by atoms with Gasteiger partial charge in [0.25, 0.3) is 0 Å². The zero-order valence-corrected chi connectivity index (χ0v) is 13.0. The van der Waals surface area contributed by atoms with Crippen molar-refractivity contribution in [3.63, 3.8) is 0 Å². The maximum atomic E-state index is 12.0. The Morgan fingerprint density at radius 3 is 2.32 bits per heavy atom. The molecule has 1 fully saturated rings. The fourth-order valence-corrected chi connectivity index (χ4v) is 3.25. The Labute approximate surface area is 119 Å². The van der Waals surface area contributed by atoms with E-state index in [1.54, 1.807) is 0 Å². The quantitative estimate of drug-likeness (QED) is 0.589. The fraction of sp³-hybridized carbons (Fsp3) is 1.00. The lowest BCUT2D eigenvalue weighted by atomic mass is 9.76. The molecule has 0 radical (unpaired) electrons. The van der Waals surface area contributed by atoms with Crippen LogP contribution in [0.3, 0.4) is 0 Å². The lowest BCUT2D eigenvalue weighted by Crippen LogP contribution is -2.31. The molecule has 0 aliphatic heterocycles. The summed E-state index contributed by atoms with van der Waals surface area (Å²) in [6.07, 6.45) is 5.82. The van der Waals surface area contributed by atoms with Crippen LogP contribution in [0.2, 0.25) is 0 Å². The standard InChI is InChI=1S/C14H26F3NS/c1-13(2,3)11-5-4-6-12(8-7-11)18-9-10-19-14(15,16)17/h11-12,18H,4-10H2,1-3H3. The molecule has 1 rings (SSSR count). The van der Waals surface area contributed by atoms with Crippen LogP contribution in [0.5, 0.6) is 0 Å². The van der Waals surface area contributed by atoms with Gasteiger partial charge in [-0.3, -0.25) is 0 Å². The summed E-state index contributed by atoms with van der Waals surface area (Å²) in [4.78, 5) is 0. The number of rotatable bonds is 4. The van der Waals surface area contributed by atoms with E-state index in [0.717, 1.165) is 18.8 Å². The van der Waals surface area contributed by atoms with Gasteiger partial charge in [0.2, 0.25) is 0 Å². The van der Waals surface area contributed by atoms with Crippen LogP contribution in [-0.4, -0.2) is 23.8 Å². The van der Waals surface area contributed by atoms with Gasteiger partial charge in [-0.05, 0) is 48.8 Å². The second-order valence-electron chi connectivity index (χ2n) is 6.52. The Morgan fingerprint density at radius 1 is 1.05 bits per heavy atom. The van der Waals surface area contributed by atoms with Crippen LogP contribution in [0.25, 0.3) is 0 Å². The van der Waals surface area contributed by atoms with Crippen molar-refractivity contribution in [3.8, 4) is 0 Å². The first-order valence-electron chi connectivity index (χ1n) is 7.12. The lowest BCUT2D eigenvalue weighted by Gasteiger charge is -2.29. The van der Waals surface area contributed by atoms with Crippen molar-refractivity contribution in [2.45, 2.75) is 64.4 Å². The zero-order valence-electron chi connectivity index (χ0n) is 12.1. The highest BCUT2D eigenvalue weighted by atomic mass is 32.2. The largest absolute Gasteiger partial charge is 0.441 e. The second kappa shape index (κ2) is 7.21. The molecule has 0 heterocycles. The van der Waals surface area contributed by atoms with Crippen LogP contribution in [0.4, 0.5) is 13.2 Å². The highest BCUT2D eigenvalue weighted by Crippen LogP contribution is 2.36. The van der Waals surface area contributed by atoms with Crippen LogP contribution in [0.15, 0.2) is 0 Å². The molecule has 2 atom stereocenters. The van der Waals surface area contributed by atoms with Crippen molar-refractivity contribution in [1.82, 2.24) is 5.32 Å². The highest BCUT2D eigenvalue weighted by molar-refractivity contribution is 8.00. The van der Waals surface area contributed by atoms with Crippen molar-refractivity contribution in [1.29, 1.82) is 0 Å². The van der Waals surface area contributed by atoms with E-state index < -0.39 is 5.51 Å². The van der Waals surface area contributed by atoms with Gasteiger partial charge in [0.15, 0.2) is 0 Å². The Kier molecular flexibility index (Phi) is 6.51. The molecular formula is C14H26F3NS. The van der Waals surface area contributed by atoms with Gasteiger partial charge in [-0.1, -0.05) is 27.2 Å². The topological polar surface area (TPSA) is 12.0 Å². The predicted octanol–water partition coefficient (Wildman–Crippen LogP) is 4.82. The first-order valence-corrected chi connectivity index (χ1v) is 8.11. The van der Waals surface area contributed by atoms with Gasteiger partial charge in [-0.25, -0.2) is 0 Å². The Bertz CT molecular complexity index is 260. The molecule has 0 bridgehead atoms. The van der Waals surface area contributed by atoms with Crippen molar-refractivity contribution < 1.29 is 13.2 Å². The molecule has 0 saturated heterocycles. The second-order valence-corrected chi connectivity index (χ2v) is 7.68. The third-order valence-electron chi connectivity index (χ3n) is 3.99. The average Bonchev–Trinajstić information content (AvgIpc) is 2.47. The van der Waals surface area contributed by atoms with E-state index >= 15 is 0 Å². The fourth-order valence-electron chi connectivity index (χ4n) is 2.80. The summed E-state index contributed by atoms with van der Waals surface area (Å²) < 4.78 is 36.0. The molecule has 1 aliphatic rings. The minimum absolute atomic E-state index is 0.0697. The molecule has 1 N–H and O–H groups in total. The number of halogens is 3. The summed E-state index contributed by atoms with van der Waals surface area (Å²) in [5.74, 6) is 0.853. The molecule has 19 heavy (non-hydrogen) atoms. The maximum absolute atomic E-state index is 12.0. The SMILES string of the molecule is CC(C)(C)C1CCCC(NCCSC(F)(F)F)CC1. The summed E-state index contributed by atoms with van der Waals surface area (Å²) >= 11 is 0.0697. The van der Waals surface area contributed by atoms with Crippen molar-refractivity contribution >= 4 is 11.8 Å². The average molecular weight is 297 g/mol. The van der Waals surface area contributed by atoms with Crippen LogP contribution in [-0.2, 0) is 0 Å². The van der Waals surface area contributed by atoms with Crippen molar-refractivity contribution in [2.24, 2.45) is 11.3 Å². The summed E-state index contributed by atoms with van der Waals surface area (Å²) in [5.41, 5.74) is -3.75. The Balaban J connectivity index is 2.23. The van der Waals surface area contributed by atoms with E-state index in [-0.39, 0.29) is 17.5 Å². The van der Waals surface area contributed by atoms with Crippen molar-refractivity contribution in [3.05, 3.63) is 0 Å². The van der Waals surface area contributed by atoms with Crippen molar-refractivity contribution in [2.75, 3.05) is 12.3 Å². The van der Waals surface area contributed by atoms with Crippen LogP contribution >= 0.6 is 11.8 Å². The number of hydrogen-bond acceptors (Lipinski definition) is 2. The molecule has 2 unspecified atom stereocenters. The minimum Gasteiger partial charge on any atom is -0.313 e. The summed E-state index contributed by atoms with van der Waals surface area (Å²) in [5, 5.41) is 3.29. The Morgan fingerprint density at radius 2 is 1.74 bits per heavy atom. The van der Waals surface area contributed by atoms with Gasteiger partial charge in [0.05, 0.1) is 0 Å². The minimum atomic E-state index is -4.09. The van der Waals surface area contributed by atoms with Gasteiger partial charge in [0.1, 0.15) is 0 Å². The predicted molar refractivity (Wildman–Crippen MR) is 76.3 cm³/mol. The molecule has 1 saturated carbocycles. The molecule has 0 aromatic rings. The zero-order chi connectivity index (χ0) is 14.5. The van der Waals surface area contributed by atoms with E-state index in [9.17, 15) is 13.2 Å². The molecule has 0 spiro atoms. The van der Waals surface area contributed by atoms with Gasteiger partial charge in [0, 0.05) is 18.3 Å². The lowest BCUT2D eigenvalue weighted by molar-refractivity contribution is -0.0327. The molecule has 1 aliphatic carbocycles. The summed E-state index contributed by atoms with van der Waals surface area (Å²) in [6, 6.07) is 0.404. The number of hydrogen-bond donors (Lipinski definition) is 1. The molecule has 0 amide bonds. The maximum Gasteiger partial charge on any atom is 0.441 e. The molecule has 0 aromatic heterocycles. The van der Waals surface area contributed by atoms with E-state index in [4.69, 9.17) is 0 Å². The van der Waals surface area contributed by atoms with Crippen LogP contribution in [0, 0.1) is 11.3 Å². The van der Waals surface area contributed by atoms with E-state index in [1.165, 1.54) is 19.3 Å².